The van der Waals surface area contributed by atoms with Gasteiger partial charge in [-0.05, 0) is 46.7 Å². The van der Waals surface area contributed by atoms with Crippen molar-refractivity contribution in [1.29, 1.82) is 0 Å². The summed E-state index contributed by atoms with van der Waals surface area (Å²) < 4.78 is 1.75. The van der Waals surface area contributed by atoms with E-state index < -0.39 is 0 Å². The predicted octanol–water partition coefficient (Wildman–Crippen LogP) is 2.51. The fourth-order valence-electron chi connectivity index (χ4n) is 2.41. The SMILES string of the molecule is CC(C)C1(CNc2nnnn2-c2ccccc2)CC1. The molecule has 0 amide bonds. The minimum absolute atomic E-state index is 0.438. The number of nitrogens with one attached hydrogen (secondary N) is 1. The quantitative estimate of drug-likeness (QED) is 0.894. The highest BCUT2D eigenvalue weighted by Gasteiger charge is 2.45. The molecule has 1 aromatic heterocycles. The number of para-hydroxylation sites is 1. The van der Waals surface area contributed by atoms with Crippen molar-refractivity contribution < 1.29 is 0 Å². The van der Waals surface area contributed by atoms with Crippen molar-refractivity contribution in [3.05, 3.63) is 30.3 Å². The molecule has 0 spiro atoms. The van der Waals surface area contributed by atoms with E-state index in [0.717, 1.165) is 18.2 Å². The van der Waals surface area contributed by atoms with Crippen molar-refractivity contribution in [3.8, 4) is 5.69 Å². The third-order valence-electron chi connectivity index (χ3n) is 4.19. The van der Waals surface area contributed by atoms with Crippen LogP contribution in [0.1, 0.15) is 26.7 Å². The first-order valence-corrected chi connectivity index (χ1v) is 6.79. The van der Waals surface area contributed by atoms with E-state index in [9.17, 15) is 0 Å². The summed E-state index contributed by atoms with van der Waals surface area (Å²) in [4.78, 5) is 0. The molecule has 2 aromatic rings. The van der Waals surface area contributed by atoms with Crippen molar-refractivity contribution in [2.45, 2.75) is 26.7 Å². The van der Waals surface area contributed by atoms with E-state index in [4.69, 9.17) is 0 Å². The van der Waals surface area contributed by atoms with Gasteiger partial charge in [0, 0.05) is 6.54 Å². The van der Waals surface area contributed by atoms with E-state index >= 15 is 0 Å². The third-order valence-corrected chi connectivity index (χ3v) is 4.19. The monoisotopic (exact) mass is 257 g/mol. The highest BCUT2D eigenvalue weighted by Crippen LogP contribution is 2.51. The maximum Gasteiger partial charge on any atom is 0.247 e. The lowest BCUT2D eigenvalue weighted by Crippen LogP contribution is -2.22. The Kier molecular flexibility index (Phi) is 2.97. The molecule has 1 N–H and O–H groups in total. The summed E-state index contributed by atoms with van der Waals surface area (Å²) in [6.45, 7) is 5.52. The Morgan fingerprint density at radius 3 is 2.63 bits per heavy atom. The smallest absolute Gasteiger partial charge is 0.247 e. The van der Waals surface area contributed by atoms with E-state index in [-0.39, 0.29) is 0 Å². The van der Waals surface area contributed by atoms with Gasteiger partial charge in [0.2, 0.25) is 5.95 Å². The Labute approximate surface area is 113 Å². The topological polar surface area (TPSA) is 55.6 Å². The Morgan fingerprint density at radius 2 is 2.00 bits per heavy atom. The molecule has 0 radical (unpaired) electrons. The maximum absolute atomic E-state index is 4.07. The average Bonchev–Trinajstić information content (AvgIpc) is 3.09. The summed E-state index contributed by atoms with van der Waals surface area (Å²) in [7, 11) is 0. The molecule has 19 heavy (non-hydrogen) atoms. The van der Waals surface area contributed by atoms with Crippen molar-refractivity contribution in [2.75, 3.05) is 11.9 Å². The summed E-state index contributed by atoms with van der Waals surface area (Å²) in [6, 6.07) is 9.95. The molecule has 0 bridgehead atoms. The fraction of sp³-hybridized carbons (Fsp3) is 0.500. The lowest BCUT2D eigenvalue weighted by atomic mass is 9.92. The fourth-order valence-corrected chi connectivity index (χ4v) is 2.41. The average molecular weight is 257 g/mol. The molecule has 5 nitrogen and oxygen atoms in total. The van der Waals surface area contributed by atoms with Gasteiger partial charge in [0.1, 0.15) is 0 Å². The second-order valence-corrected chi connectivity index (χ2v) is 5.62. The molecule has 0 unspecified atom stereocenters. The molecular weight excluding hydrogens is 238 g/mol. The molecule has 3 rings (SSSR count). The van der Waals surface area contributed by atoms with Gasteiger partial charge in [0.15, 0.2) is 0 Å². The van der Waals surface area contributed by atoms with Gasteiger partial charge in [-0.1, -0.05) is 37.1 Å². The van der Waals surface area contributed by atoms with Gasteiger partial charge in [-0.25, -0.2) is 0 Å². The second-order valence-electron chi connectivity index (χ2n) is 5.62. The molecule has 1 aromatic carbocycles. The molecular formula is C14H19N5. The highest BCUT2D eigenvalue weighted by molar-refractivity contribution is 5.38. The Morgan fingerprint density at radius 1 is 1.26 bits per heavy atom. The summed E-state index contributed by atoms with van der Waals surface area (Å²) in [5.41, 5.74) is 1.41. The van der Waals surface area contributed by atoms with Gasteiger partial charge >= 0.3 is 0 Å². The van der Waals surface area contributed by atoms with Crippen LogP contribution in [0, 0.1) is 11.3 Å². The van der Waals surface area contributed by atoms with Crippen LogP contribution in [0.4, 0.5) is 5.95 Å². The van der Waals surface area contributed by atoms with Gasteiger partial charge in [-0.3, -0.25) is 0 Å². The van der Waals surface area contributed by atoms with Crippen molar-refractivity contribution >= 4 is 5.95 Å². The van der Waals surface area contributed by atoms with Crippen molar-refractivity contribution in [1.82, 2.24) is 20.2 Å². The molecule has 100 valence electrons. The van der Waals surface area contributed by atoms with Crippen molar-refractivity contribution in [3.63, 3.8) is 0 Å². The molecule has 1 fully saturated rings. The van der Waals surface area contributed by atoms with Gasteiger partial charge in [0.05, 0.1) is 5.69 Å². The molecule has 1 aliphatic rings. The van der Waals surface area contributed by atoms with Crippen LogP contribution in [0.3, 0.4) is 0 Å². The lowest BCUT2D eigenvalue weighted by molar-refractivity contribution is 0.379. The Bertz CT molecular complexity index is 542. The summed E-state index contributed by atoms with van der Waals surface area (Å²) >= 11 is 0. The predicted molar refractivity (Wildman–Crippen MR) is 74.1 cm³/mol. The number of aromatic nitrogens is 4. The van der Waals surface area contributed by atoms with Gasteiger partial charge in [-0.15, -0.1) is 0 Å². The zero-order valence-electron chi connectivity index (χ0n) is 11.4. The minimum Gasteiger partial charge on any atom is -0.352 e. The zero-order valence-corrected chi connectivity index (χ0v) is 11.4. The molecule has 5 heteroatoms. The molecule has 1 saturated carbocycles. The van der Waals surface area contributed by atoms with E-state index in [1.165, 1.54) is 12.8 Å². The number of hydrogen-bond acceptors (Lipinski definition) is 4. The minimum atomic E-state index is 0.438. The van der Waals surface area contributed by atoms with Crippen LogP contribution in [0.15, 0.2) is 30.3 Å². The van der Waals surface area contributed by atoms with Gasteiger partial charge < -0.3 is 5.32 Å². The van der Waals surface area contributed by atoms with E-state index in [0.29, 0.717) is 11.3 Å². The largest absolute Gasteiger partial charge is 0.352 e. The number of tetrazole rings is 1. The number of benzene rings is 1. The number of anilines is 1. The first kappa shape index (κ1) is 12.1. The van der Waals surface area contributed by atoms with Crippen LogP contribution in [-0.2, 0) is 0 Å². The normalized spacial score (nSPS) is 16.6. The molecule has 0 atom stereocenters. The third kappa shape index (κ3) is 2.32. The number of hydrogen-bond donors (Lipinski definition) is 1. The first-order chi connectivity index (χ1) is 9.21. The van der Waals surface area contributed by atoms with E-state index in [1.54, 1.807) is 4.68 Å². The number of nitrogens with zero attached hydrogens (tertiary/aromatic N) is 4. The Balaban J connectivity index is 1.75. The summed E-state index contributed by atoms with van der Waals surface area (Å²) in [6.07, 6.45) is 2.59. The van der Waals surface area contributed by atoms with Crippen LogP contribution < -0.4 is 5.32 Å². The highest BCUT2D eigenvalue weighted by atomic mass is 15.6. The van der Waals surface area contributed by atoms with E-state index in [2.05, 4.69) is 34.7 Å². The second kappa shape index (κ2) is 4.64. The van der Waals surface area contributed by atoms with E-state index in [1.807, 2.05) is 30.3 Å². The van der Waals surface area contributed by atoms with Crippen molar-refractivity contribution in [2.24, 2.45) is 11.3 Å². The lowest BCUT2D eigenvalue weighted by Gasteiger charge is -2.20. The molecule has 0 saturated heterocycles. The molecule has 1 aliphatic carbocycles. The van der Waals surface area contributed by atoms with Crippen LogP contribution in [-0.4, -0.2) is 26.8 Å². The van der Waals surface area contributed by atoms with Gasteiger partial charge in [-0.2, -0.15) is 4.68 Å². The Hall–Kier alpha value is -1.91. The van der Waals surface area contributed by atoms with Gasteiger partial charge in [0.25, 0.3) is 0 Å². The zero-order chi connectivity index (χ0) is 13.3. The van der Waals surface area contributed by atoms with Crippen LogP contribution in [0.5, 0.6) is 0 Å². The number of rotatable bonds is 5. The standard InChI is InChI=1S/C14H19N5/c1-11(2)14(8-9-14)10-15-13-16-17-18-19(13)12-6-4-3-5-7-12/h3-7,11H,8-10H2,1-2H3,(H,15,16,18). The first-order valence-electron chi connectivity index (χ1n) is 6.79. The summed E-state index contributed by atoms with van der Waals surface area (Å²) in [5.74, 6) is 1.42. The van der Waals surface area contributed by atoms with Crippen LogP contribution in [0.25, 0.3) is 5.69 Å². The molecule has 1 heterocycles. The van der Waals surface area contributed by atoms with Crippen LogP contribution in [0.2, 0.25) is 0 Å². The summed E-state index contributed by atoms with van der Waals surface area (Å²) in [5, 5.41) is 15.3. The van der Waals surface area contributed by atoms with Crippen LogP contribution >= 0.6 is 0 Å². The molecule has 0 aliphatic heterocycles. The maximum atomic E-state index is 4.07.